The number of carbonyl (C=O) groups is 1. The van der Waals surface area contributed by atoms with Crippen molar-refractivity contribution in [1.29, 1.82) is 0 Å². The van der Waals surface area contributed by atoms with Gasteiger partial charge in [-0.15, -0.1) is 0 Å². The van der Waals surface area contributed by atoms with Gasteiger partial charge in [-0.2, -0.15) is 0 Å². The van der Waals surface area contributed by atoms with Gasteiger partial charge in [0.05, 0.1) is 5.60 Å². The molecule has 172 valence electrons. The maximum atomic E-state index is 12.3. The Labute approximate surface area is 189 Å². The van der Waals surface area contributed by atoms with E-state index in [2.05, 4.69) is 32.3 Å². The molecule has 1 aromatic heterocycles. The van der Waals surface area contributed by atoms with Gasteiger partial charge in [-0.1, -0.05) is 12.1 Å². The molecule has 32 heavy (non-hydrogen) atoms. The number of aryl methyl sites for hydroxylation is 1. The molecule has 2 aliphatic rings. The van der Waals surface area contributed by atoms with Crippen molar-refractivity contribution in [3.05, 3.63) is 47.9 Å². The molecule has 4 rings (SSSR count). The van der Waals surface area contributed by atoms with Crippen LogP contribution in [0.3, 0.4) is 0 Å². The van der Waals surface area contributed by atoms with Crippen molar-refractivity contribution in [2.75, 3.05) is 44.2 Å². The van der Waals surface area contributed by atoms with E-state index in [0.29, 0.717) is 18.7 Å². The molecule has 3 heterocycles. The van der Waals surface area contributed by atoms with Crippen molar-refractivity contribution < 1.29 is 14.6 Å². The highest BCUT2D eigenvalue weighted by Crippen LogP contribution is 2.24. The third-order valence-electron chi connectivity index (χ3n) is 6.18. The minimum atomic E-state index is -0.996. The quantitative estimate of drug-likeness (QED) is 0.649. The number of hydrogen-bond donors (Lipinski definition) is 2. The lowest BCUT2D eigenvalue weighted by atomic mass is 9.92. The van der Waals surface area contributed by atoms with Crippen molar-refractivity contribution in [2.45, 2.75) is 44.8 Å². The summed E-state index contributed by atoms with van der Waals surface area (Å²) in [5.74, 6) is 1.24. The Bertz CT molecular complexity index is 901. The number of likely N-dealkylation sites (tertiary alicyclic amines) is 1. The van der Waals surface area contributed by atoms with Crippen LogP contribution in [0.2, 0.25) is 0 Å². The Hall–Kier alpha value is -2.71. The second-order valence-corrected chi connectivity index (χ2v) is 8.96. The van der Waals surface area contributed by atoms with Gasteiger partial charge in [0.2, 0.25) is 0 Å². The fraction of sp³-hybridized carbons (Fsp3) is 0.542. The maximum Gasteiger partial charge on any atom is 0.258 e. The highest BCUT2D eigenvalue weighted by atomic mass is 16.5. The van der Waals surface area contributed by atoms with E-state index in [9.17, 15) is 9.90 Å². The highest BCUT2D eigenvalue weighted by Gasteiger charge is 2.34. The van der Waals surface area contributed by atoms with Crippen molar-refractivity contribution in [3.63, 3.8) is 0 Å². The minimum Gasteiger partial charge on any atom is -0.484 e. The number of carbonyl (C=O) groups excluding carboxylic acids is 1. The molecule has 0 saturated carbocycles. The van der Waals surface area contributed by atoms with Crippen molar-refractivity contribution in [1.82, 2.24) is 20.2 Å². The van der Waals surface area contributed by atoms with Crippen LogP contribution in [0.4, 0.5) is 5.82 Å². The van der Waals surface area contributed by atoms with Crippen LogP contribution in [0.1, 0.15) is 36.9 Å². The summed E-state index contributed by atoms with van der Waals surface area (Å²) in [6, 6.07) is 9.85. The first kappa shape index (κ1) is 22.5. The van der Waals surface area contributed by atoms with Crippen LogP contribution in [-0.4, -0.2) is 70.8 Å². The van der Waals surface area contributed by atoms with Crippen LogP contribution in [0.25, 0.3) is 0 Å². The number of hydrogen-bond acceptors (Lipinski definition) is 7. The van der Waals surface area contributed by atoms with Crippen molar-refractivity contribution in [2.24, 2.45) is 0 Å². The summed E-state index contributed by atoms with van der Waals surface area (Å²) in [5, 5.41) is 13.8. The Morgan fingerprint density at radius 3 is 2.69 bits per heavy atom. The number of piperidine rings is 1. The van der Waals surface area contributed by atoms with Gasteiger partial charge in [-0.3, -0.25) is 9.69 Å². The number of amides is 1. The largest absolute Gasteiger partial charge is 0.484 e. The van der Waals surface area contributed by atoms with Gasteiger partial charge < -0.3 is 20.1 Å². The Kier molecular flexibility index (Phi) is 7.22. The van der Waals surface area contributed by atoms with Gasteiger partial charge in [0.1, 0.15) is 17.9 Å². The number of anilines is 1. The fourth-order valence-corrected chi connectivity index (χ4v) is 4.42. The normalized spacial score (nSPS) is 21.5. The minimum absolute atomic E-state index is 0.0730. The van der Waals surface area contributed by atoms with E-state index in [4.69, 9.17) is 4.74 Å². The summed E-state index contributed by atoms with van der Waals surface area (Å²) in [4.78, 5) is 25.2. The van der Waals surface area contributed by atoms with E-state index in [1.165, 1.54) is 37.8 Å². The SMILES string of the molecule is Cc1cc(N2CCC[C@@](O)(CNC(=O)COc3ccc(CN4CCCC4)cc3)C2)ncn1. The molecule has 2 saturated heterocycles. The Balaban J connectivity index is 1.21. The summed E-state index contributed by atoms with van der Waals surface area (Å²) in [6.45, 7) is 6.57. The third-order valence-corrected chi connectivity index (χ3v) is 6.18. The van der Waals surface area contributed by atoms with Crippen LogP contribution < -0.4 is 15.0 Å². The van der Waals surface area contributed by atoms with Crippen LogP contribution in [0.15, 0.2) is 36.7 Å². The average Bonchev–Trinajstić information content (AvgIpc) is 3.30. The van der Waals surface area contributed by atoms with E-state index in [1.807, 2.05) is 30.0 Å². The van der Waals surface area contributed by atoms with Gasteiger partial charge in [-0.25, -0.2) is 9.97 Å². The van der Waals surface area contributed by atoms with Gasteiger partial charge in [0.15, 0.2) is 6.61 Å². The zero-order valence-electron chi connectivity index (χ0n) is 18.8. The summed E-state index contributed by atoms with van der Waals surface area (Å²) in [7, 11) is 0. The van der Waals surface area contributed by atoms with Gasteiger partial charge in [0.25, 0.3) is 5.91 Å². The predicted molar refractivity (Wildman–Crippen MR) is 123 cm³/mol. The van der Waals surface area contributed by atoms with Crippen molar-refractivity contribution >= 4 is 11.7 Å². The van der Waals surface area contributed by atoms with E-state index in [-0.39, 0.29) is 19.1 Å². The molecule has 0 bridgehead atoms. The van der Waals surface area contributed by atoms with Gasteiger partial charge in [-0.05, 0) is 63.4 Å². The first-order valence-electron chi connectivity index (χ1n) is 11.5. The summed E-state index contributed by atoms with van der Waals surface area (Å²) >= 11 is 0. The van der Waals surface area contributed by atoms with Gasteiger partial charge in [0, 0.05) is 37.9 Å². The lowest BCUT2D eigenvalue weighted by molar-refractivity contribution is -0.124. The molecule has 1 aromatic carbocycles. The molecule has 2 fully saturated rings. The van der Waals surface area contributed by atoms with Crippen LogP contribution in [-0.2, 0) is 11.3 Å². The maximum absolute atomic E-state index is 12.3. The molecule has 2 N–H and O–H groups in total. The molecule has 0 radical (unpaired) electrons. The number of benzene rings is 1. The predicted octanol–water partition coefficient (Wildman–Crippen LogP) is 1.91. The first-order valence-corrected chi connectivity index (χ1v) is 11.5. The number of β-amino-alcohol motifs (C(OH)–C–C–N with tert-alkyl or cyclic N) is 1. The topological polar surface area (TPSA) is 90.8 Å². The Morgan fingerprint density at radius 1 is 1.16 bits per heavy atom. The van der Waals surface area contributed by atoms with Crippen LogP contribution in [0, 0.1) is 6.92 Å². The summed E-state index contributed by atoms with van der Waals surface area (Å²) in [5.41, 5.74) is 1.15. The number of nitrogens with one attached hydrogen (secondary N) is 1. The molecule has 1 amide bonds. The number of ether oxygens (including phenoxy) is 1. The molecule has 8 nitrogen and oxygen atoms in total. The third kappa shape index (κ3) is 6.17. The molecule has 0 unspecified atom stereocenters. The number of aromatic nitrogens is 2. The second kappa shape index (κ2) is 10.3. The zero-order valence-corrected chi connectivity index (χ0v) is 18.8. The Morgan fingerprint density at radius 2 is 1.94 bits per heavy atom. The van der Waals surface area contributed by atoms with E-state index in [0.717, 1.165) is 31.0 Å². The molecule has 0 aliphatic carbocycles. The fourth-order valence-electron chi connectivity index (χ4n) is 4.42. The summed E-state index contributed by atoms with van der Waals surface area (Å²) in [6.07, 6.45) is 5.56. The van der Waals surface area contributed by atoms with E-state index < -0.39 is 5.60 Å². The van der Waals surface area contributed by atoms with E-state index >= 15 is 0 Å². The number of nitrogens with zero attached hydrogens (tertiary/aromatic N) is 4. The molecule has 2 aromatic rings. The lowest BCUT2D eigenvalue weighted by Gasteiger charge is -2.39. The molecular formula is C24H33N5O3. The number of rotatable bonds is 8. The molecule has 1 atom stereocenters. The molecule has 0 spiro atoms. The van der Waals surface area contributed by atoms with Crippen molar-refractivity contribution in [3.8, 4) is 5.75 Å². The lowest BCUT2D eigenvalue weighted by Crippen LogP contribution is -2.55. The summed E-state index contributed by atoms with van der Waals surface area (Å²) < 4.78 is 5.63. The number of aliphatic hydroxyl groups is 1. The zero-order chi connectivity index (χ0) is 22.4. The standard InChI is InChI=1S/C24H33N5O3/c1-19-13-22(27-18-26-19)29-12-4-9-24(31,17-29)16-25-23(30)15-32-21-7-5-20(6-8-21)14-28-10-2-3-11-28/h5-8,13,18,31H,2-4,9-12,14-17H2,1H3,(H,25,30)/t24-/m1/s1. The van der Waals surface area contributed by atoms with Crippen LogP contribution >= 0.6 is 0 Å². The van der Waals surface area contributed by atoms with Gasteiger partial charge >= 0.3 is 0 Å². The molecular weight excluding hydrogens is 406 g/mol. The smallest absolute Gasteiger partial charge is 0.258 e. The monoisotopic (exact) mass is 439 g/mol. The highest BCUT2D eigenvalue weighted by molar-refractivity contribution is 5.77. The average molecular weight is 440 g/mol. The van der Waals surface area contributed by atoms with Crippen LogP contribution in [0.5, 0.6) is 5.75 Å². The van der Waals surface area contributed by atoms with E-state index in [1.54, 1.807) is 0 Å². The molecule has 2 aliphatic heterocycles. The second-order valence-electron chi connectivity index (χ2n) is 8.96. The first-order chi connectivity index (χ1) is 15.5. The molecule has 8 heteroatoms.